The molecule has 1 aliphatic rings. The molecule has 0 unspecified atom stereocenters. The average Bonchev–Trinajstić information content (AvgIpc) is 3.39. The highest BCUT2D eigenvalue weighted by molar-refractivity contribution is 5.98. The first-order valence-electron chi connectivity index (χ1n) is 9.68. The van der Waals surface area contributed by atoms with Gasteiger partial charge in [0.2, 0.25) is 0 Å². The predicted octanol–water partition coefficient (Wildman–Crippen LogP) is 3.78. The Morgan fingerprint density at radius 1 is 1.15 bits per heavy atom. The van der Waals surface area contributed by atoms with E-state index in [1.807, 2.05) is 0 Å². The molecule has 174 valence electrons. The molecule has 1 fully saturated rings. The molecule has 3 heterocycles. The van der Waals surface area contributed by atoms with Gasteiger partial charge in [-0.05, 0) is 30.3 Å². The van der Waals surface area contributed by atoms with Gasteiger partial charge in [0.25, 0.3) is 11.8 Å². The zero-order valence-electron chi connectivity index (χ0n) is 16.7. The van der Waals surface area contributed by atoms with E-state index in [2.05, 4.69) is 20.5 Å². The second-order valence-electron chi connectivity index (χ2n) is 7.32. The Balaban J connectivity index is 1.57. The van der Waals surface area contributed by atoms with Crippen LogP contribution in [0.25, 0.3) is 5.69 Å². The van der Waals surface area contributed by atoms with Crippen LogP contribution in [-0.4, -0.2) is 55.8 Å². The molecule has 2 aromatic heterocycles. The van der Waals surface area contributed by atoms with Crippen molar-refractivity contribution in [3.05, 3.63) is 65.9 Å². The Kier molecular flexibility index (Phi) is 5.72. The lowest BCUT2D eigenvalue weighted by atomic mass is 10.1. The van der Waals surface area contributed by atoms with Gasteiger partial charge >= 0.3 is 6.18 Å². The molecule has 0 saturated carbocycles. The van der Waals surface area contributed by atoms with Crippen molar-refractivity contribution in [1.29, 1.82) is 0 Å². The van der Waals surface area contributed by atoms with Gasteiger partial charge in [-0.3, -0.25) is 4.79 Å². The molecular formula is C20H16F6N6O. The van der Waals surface area contributed by atoms with E-state index in [0.29, 0.717) is 6.20 Å². The Bertz CT molecular complexity index is 1130. The number of nitrogens with zero attached hydrogens (tertiary/aromatic N) is 5. The third-order valence-electron chi connectivity index (χ3n) is 5.20. The van der Waals surface area contributed by atoms with Crippen LogP contribution in [0.4, 0.5) is 32.2 Å². The Hall–Kier alpha value is -3.64. The molecule has 1 saturated heterocycles. The number of likely N-dealkylation sites (tertiary alicyclic amines) is 1. The van der Waals surface area contributed by atoms with E-state index in [-0.39, 0.29) is 23.6 Å². The number of anilines is 1. The predicted molar refractivity (Wildman–Crippen MR) is 103 cm³/mol. The highest BCUT2D eigenvalue weighted by Gasteiger charge is 2.51. The maximum Gasteiger partial charge on any atom is 0.417 e. The molecule has 1 N–H and O–H groups in total. The number of carbonyl (C=O) groups is 1. The molecule has 33 heavy (non-hydrogen) atoms. The van der Waals surface area contributed by atoms with Crippen LogP contribution in [0.2, 0.25) is 0 Å². The lowest BCUT2D eigenvalue weighted by Crippen LogP contribution is -2.47. The largest absolute Gasteiger partial charge is 0.417 e. The fraction of sp³-hybridized carbons (Fsp3) is 0.300. The summed E-state index contributed by atoms with van der Waals surface area (Å²) in [5.74, 6) is -4.95. The molecule has 1 atom stereocenters. The first kappa shape index (κ1) is 22.6. The topological polar surface area (TPSA) is 75.9 Å². The minimum atomic E-state index is -4.58. The van der Waals surface area contributed by atoms with Crippen molar-refractivity contribution < 1.29 is 31.1 Å². The Morgan fingerprint density at radius 3 is 2.52 bits per heavy atom. The quantitative estimate of drug-likeness (QED) is 0.575. The average molecular weight is 470 g/mol. The van der Waals surface area contributed by atoms with Crippen LogP contribution in [0.3, 0.4) is 0 Å². The lowest BCUT2D eigenvalue weighted by Gasteiger charge is -2.28. The summed E-state index contributed by atoms with van der Waals surface area (Å²) < 4.78 is 81.1. The first-order valence-corrected chi connectivity index (χ1v) is 9.68. The molecule has 3 aromatic rings. The molecule has 7 nitrogen and oxygen atoms in total. The third kappa shape index (κ3) is 4.61. The number of hydrogen-bond acceptors (Lipinski definition) is 5. The van der Waals surface area contributed by atoms with Crippen molar-refractivity contribution in [3.63, 3.8) is 0 Å². The molecular weight excluding hydrogens is 454 g/mol. The fourth-order valence-corrected chi connectivity index (χ4v) is 3.54. The first-order chi connectivity index (χ1) is 15.6. The lowest BCUT2D eigenvalue weighted by molar-refractivity contribution is -0.137. The Labute approximate surface area is 183 Å². The summed E-state index contributed by atoms with van der Waals surface area (Å²) in [4.78, 5) is 18.7. The summed E-state index contributed by atoms with van der Waals surface area (Å²) in [6.07, 6.45) is -1.96. The maximum absolute atomic E-state index is 14.6. The van der Waals surface area contributed by atoms with Crippen molar-refractivity contribution in [2.24, 2.45) is 0 Å². The molecule has 4 rings (SSSR count). The minimum Gasteiger partial charge on any atom is -0.368 e. The maximum atomic E-state index is 14.6. The van der Waals surface area contributed by atoms with Gasteiger partial charge in [-0.15, -0.1) is 0 Å². The van der Waals surface area contributed by atoms with E-state index in [1.165, 1.54) is 18.5 Å². The van der Waals surface area contributed by atoms with Crippen LogP contribution >= 0.6 is 0 Å². The number of carbonyl (C=O) groups excluding carboxylic acids is 1. The summed E-state index contributed by atoms with van der Waals surface area (Å²) >= 11 is 0. The number of aromatic nitrogens is 4. The van der Waals surface area contributed by atoms with Crippen LogP contribution in [0.1, 0.15) is 22.3 Å². The highest BCUT2D eigenvalue weighted by atomic mass is 19.4. The molecule has 1 aromatic carbocycles. The number of pyridine rings is 1. The molecule has 1 amide bonds. The monoisotopic (exact) mass is 470 g/mol. The summed E-state index contributed by atoms with van der Waals surface area (Å²) in [5, 5.41) is 10.3. The van der Waals surface area contributed by atoms with Gasteiger partial charge in [-0.25, -0.2) is 18.2 Å². The number of nitrogens with one attached hydrogen (secondary N) is 1. The van der Waals surface area contributed by atoms with Gasteiger partial charge in [0.15, 0.2) is 0 Å². The minimum absolute atomic E-state index is 0.0646. The van der Waals surface area contributed by atoms with Gasteiger partial charge in [-0.2, -0.15) is 28.2 Å². The number of alkyl halides is 5. The SMILES string of the molecule is O=C(c1cc(F)ccc1-n1nccn1)N1CCC(F)(F)[C@H]1CNc1ccc(C(F)(F)F)cn1. The van der Waals surface area contributed by atoms with Gasteiger partial charge in [0, 0.05) is 25.7 Å². The molecule has 0 spiro atoms. The standard InChI is InChI=1S/C20H16F6N6O/c21-13-2-3-15(32-29-6-7-30-32)14(9-13)18(33)31-8-5-19(22,23)16(31)11-28-17-4-1-12(10-27-17)20(24,25)26/h1-4,6-7,9-10,16H,5,8,11H2,(H,27,28)/t16-/m1/s1. The van der Waals surface area contributed by atoms with Crippen molar-refractivity contribution in [2.75, 3.05) is 18.4 Å². The number of benzene rings is 1. The molecule has 13 heteroatoms. The number of halogens is 6. The van der Waals surface area contributed by atoms with Crippen LogP contribution in [0.15, 0.2) is 48.9 Å². The van der Waals surface area contributed by atoms with E-state index in [4.69, 9.17) is 0 Å². The smallest absolute Gasteiger partial charge is 0.368 e. The van der Waals surface area contributed by atoms with Crippen molar-refractivity contribution in [3.8, 4) is 5.69 Å². The highest BCUT2D eigenvalue weighted by Crippen LogP contribution is 2.36. The zero-order chi connectivity index (χ0) is 23.8. The fourth-order valence-electron chi connectivity index (χ4n) is 3.54. The molecule has 1 aliphatic heterocycles. The summed E-state index contributed by atoms with van der Waals surface area (Å²) in [7, 11) is 0. The van der Waals surface area contributed by atoms with Crippen LogP contribution in [-0.2, 0) is 6.18 Å². The number of rotatable bonds is 5. The normalized spacial score (nSPS) is 17.9. The molecule has 0 radical (unpaired) electrons. The summed E-state index contributed by atoms with van der Waals surface area (Å²) in [6.45, 7) is -0.789. The van der Waals surface area contributed by atoms with E-state index in [9.17, 15) is 31.1 Å². The van der Waals surface area contributed by atoms with E-state index in [1.54, 1.807) is 0 Å². The van der Waals surface area contributed by atoms with Gasteiger partial charge < -0.3 is 10.2 Å². The van der Waals surface area contributed by atoms with Gasteiger partial charge in [0.05, 0.1) is 29.2 Å². The van der Waals surface area contributed by atoms with E-state index < -0.39 is 48.4 Å². The number of amides is 1. The second kappa shape index (κ2) is 8.37. The molecule has 0 bridgehead atoms. The summed E-state index contributed by atoms with van der Waals surface area (Å²) in [6, 6.07) is 3.40. The zero-order valence-corrected chi connectivity index (χ0v) is 16.7. The number of hydrogen-bond donors (Lipinski definition) is 1. The Morgan fingerprint density at radius 2 is 1.88 bits per heavy atom. The van der Waals surface area contributed by atoms with Gasteiger partial charge in [0.1, 0.15) is 17.7 Å². The van der Waals surface area contributed by atoms with Crippen molar-refractivity contribution in [1.82, 2.24) is 24.9 Å². The van der Waals surface area contributed by atoms with Crippen LogP contribution in [0, 0.1) is 5.82 Å². The third-order valence-corrected chi connectivity index (χ3v) is 5.20. The van der Waals surface area contributed by atoms with Crippen molar-refractivity contribution >= 4 is 11.7 Å². The summed E-state index contributed by atoms with van der Waals surface area (Å²) in [5.41, 5.74) is -1.08. The van der Waals surface area contributed by atoms with E-state index >= 15 is 0 Å². The van der Waals surface area contributed by atoms with Crippen LogP contribution in [0.5, 0.6) is 0 Å². The van der Waals surface area contributed by atoms with Gasteiger partial charge in [-0.1, -0.05) is 0 Å². The molecule has 0 aliphatic carbocycles. The van der Waals surface area contributed by atoms with Crippen molar-refractivity contribution in [2.45, 2.75) is 24.6 Å². The van der Waals surface area contributed by atoms with Crippen LogP contribution < -0.4 is 5.32 Å². The van der Waals surface area contributed by atoms with E-state index in [0.717, 1.165) is 34.0 Å². The second-order valence-corrected chi connectivity index (χ2v) is 7.32.